The summed E-state index contributed by atoms with van der Waals surface area (Å²) in [6, 6.07) is 0.306. The van der Waals surface area contributed by atoms with E-state index in [1.54, 1.807) is 0 Å². The molecule has 0 radical (unpaired) electrons. The minimum absolute atomic E-state index is 0.0318. The highest BCUT2D eigenvalue weighted by molar-refractivity contribution is 5.91. The zero-order chi connectivity index (χ0) is 14.2. The molecule has 2 aliphatic carbocycles. The van der Waals surface area contributed by atoms with Crippen LogP contribution < -0.4 is 0 Å². The SMILES string of the molecule is CN(C(=O)[C@H]1[C@@H](C(=O)O)C1(C)C)C1CCCCCC1. The number of nitrogens with zero attached hydrogens (tertiary/aromatic N) is 1. The third-order valence-corrected chi connectivity index (χ3v) is 5.08. The van der Waals surface area contributed by atoms with Crippen molar-refractivity contribution in [2.45, 2.75) is 58.4 Å². The van der Waals surface area contributed by atoms with E-state index < -0.39 is 11.9 Å². The Morgan fingerprint density at radius 1 is 1.05 bits per heavy atom. The van der Waals surface area contributed by atoms with E-state index >= 15 is 0 Å². The lowest BCUT2D eigenvalue weighted by atomic mass is 10.1. The van der Waals surface area contributed by atoms with E-state index in [9.17, 15) is 14.7 Å². The monoisotopic (exact) mass is 267 g/mol. The van der Waals surface area contributed by atoms with Crippen molar-refractivity contribution in [3.05, 3.63) is 0 Å². The Labute approximate surface area is 115 Å². The van der Waals surface area contributed by atoms with Gasteiger partial charge < -0.3 is 10.0 Å². The smallest absolute Gasteiger partial charge is 0.307 e. The Morgan fingerprint density at radius 2 is 1.58 bits per heavy atom. The maximum absolute atomic E-state index is 12.5. The van der Waals surface area contributed by atoms with E-state index in [0.717, 1.165) is 12.8 Å². The van der Waals surface area contributed by atoms with Gasteiger partial charge in [0.05, 0.1) is 11.8 Å². The van der Waals surface area contributed by atoms with Crippen LogP contribution in [0.5, 0.6) is 0 Å². The Morgan fingerprint density at radius 3 is 2.00 bits per heavy atom. The lowest BCUT2D eigenvalue weighted by Crippen LogP contribution is -2.38. The van der Waals surface area contributed by atoms with E-state index in [2.05, 4.69) is 0 Å². The van der Waals surface area contributed by atoms with Gasteiger partial charge in [0, 0.05) is 13.1 Å². The molecule has 0 aromatic rings. The normalized spacial score (nSPS) is 30.5. The van der Waals surface area contributed by atoms with Gasteiger partial charge >= 0.3 is 5.97 Å². The van der Waals surface area contributed by atoms with Crippen molar-refractivity contribution in [2.24, 2.45) is 17.3 Å². The molecular formula is C15H25NO3. The molecule has 108 valence electrons. The molecule has 0 heterocycles. The minimum Gasteiger partial charge on any atom is -0.481 e. The Bertz CT molecular complexity index is 370. The van der Waals surface area contributed by atoms with Crippen LogP contribution in [0, 0.1) is 17.3 Å². The molecular weight excluding hydrogens is 242 g/mol. The van der Waals surface area contributed by atoms with Crippen LogP contribution in [-0.4, -0.2) is 35.0 Å². The van der Waals surface area contributed by atoms with Crippen LogP contribution in [0.4, 0.5) is 0 Å². The Hall–Kier alpha value is -1.06. The molecule has 0 spiro atoms. The largest absolute Gasteiger partial charge is 0.481 e. The van der Waals surface area contributed by atoms with Gasteiger partial charge in [0.1, 0.15) is 0 Å². The molecule has 0 aromatic carbocycles. The predicted octanol–water partition coefficient (Wildman–Crippen LogP) is 2.52. The number of hydrogen-bond donors (Lipinski definition) is 1. The molecule has 2 fully saturated rings. The molecule has 2 atom stereocenters. The maximum Gasteiger partial charge on any atom is 0.307 e. The summed E-state index contributed by atoms with van der Waals surface area (Å²) in [6.45, 7) is 3.77. The summed E-state index contributed by atoms with van der Waals surface area (Å²) in [5.74, 6) is -1.65. The van der Waals surface area contributed by atoms with E-state index in [1.165, 1.54) is 25.7 Å². The fourth-order valence-electron chi connectivity index (χ4n) is 3.60. The molecule has 4 heteroatoms. The number of carbonyl (C=O) groups excluding carboxylic acids is 1. The first-order chi connectivity index (χ1) is 8.87. The highest BCUT2D eigenvalue weighted by Gasteiger charge is 2.66. The van der Waals surface area contributed by atoms with Crippen molar-refractivity contribution in [1.82, 2.24) is 4.90 Å². The topological polar surface area (TPSA) is 57.6 Å². The summed E-state index contributed by atoms with van der Waals surface area (Å²) in [5, 5.41) is 9.17. The van der Waals surface area contributed by atoms with Crippen LogP contribution in [-0.2, 0) is 9.59 Å². The highest BCUT2D eigenvalue weighted by atomic mass is 16.4. The molecule has 0 aliphatic heterocycles. The van der Waals surface area contributed by atoms with Gasteiger partial charge in [-0.1, -0.05) is 39.5 Å². The number of hydrogen-bond acceptors (Lipinski definition) is 2. The summed E-state index contributed by atoms with van der Waals surface area (Å²) in [5.41, 5.74) is -0.387. The van der Waals surface area contributed by atoms with Gasteiger partial charge in [-0.05, 0) is 18.3 Å². The van der Waals surface area contributed by atoms with E-state index in [4.69, 9.17) is 0 Å². The average Bonchev–Trinajstić information content (AvgIpc) is 3.00. The van der Waals surface area contributed by atoms with Crippen LogP contribution in [0.1, 0.15) is 52.4 Å². The van der Waals surface area contributed by atoms with Crippen LogP contribution in [0.25, 0.3) is 0 Å². The predicted molar refractivity (Wildman–Crippen MR) is 72.7 cm³/mol. The molecule has 0 aromatic heterocycles. The third-order valence-electron chi connectivity index (χ3n) is 5.08. The van der Waals surface area contributed by atoms with E-state index in [-0.39, 0.29) is 17.2 Å². The summed E-state index contributed by atoms with van der Waals surface area (Å²) < 4.78 is 0. The molecule has 1 amide bonds. The molecule has 2 aliphatic rings. The van der Waals surface area contributed by atoms with Gasteiger partial charge in [0.25, 0.3) is 0 Å². The molecule has 19 heavy (non-hydrogen) atoms. The molecule has 2 rings (SSSR count). The van der Waals surface area contributed by atoms with Crippen molar-refractivity contribution in [3.8, 4) is 0 Å². The van der Waals surface area contributed by atoms with Crippen LogP contribution in [0.2, 0.25) is 0 Å². The average molecular weight is 267 g/mol. The second-order valence-electron chi connectivity index (χ2n) is 6.71. The van der Waals surface area contributed by atoms with Gasteiger partial charge in [-0.2, -0.15) is 0 Å². The number of amides is 1. The second-order valence-corrected chi connectivity index (χ2v) is 6.71. The summed E-state index contributed by atoms with van der Waals surface area (Å²) >= 11 is 0. The number of carboxylic acid groups (broad SMARTS) is 1. The van der Waals surface area contributed by atoms with Crippen molar-refractivity contribution < 1.29 is 14.7 Å². The van der Waals surface area contributed by atoms with Gasteiger partial charge in [-0.25, -0.2) is 0 Å². The first kappa shape index (κ1) is 14.4. The number of carboxylic acids is 1. The highest BCUT2D eigenvalue weighted by Crippen LogP contribution is 2.59. The minimum atomic E-state index is -0.836. The summed E-state index contributed by atoms with van der Waals surface area (Å²) in [6.07, 6.45) is 6.99. The van der Waals surface area contributed by atoms with Gasteiger partial charge in [0.2, 0.25) is 5.91 Å². The Kier molecular flexibility index (Phi) is 3.88. The first-order valence-corrected chi connectivity index (χ1v) is 7.37. The van der Waals surface area contributed by atoms with Gasteiger partial charge in [-0.15, -0.1) is 0 Å². The second kappa shape index (κ2) is 5.14. The van der Waals surface area contributed by atoms with E-state index in [0.29, 0.717) is 6.04 Å². The van der Waals surface area contributed by atoms with Gasteiger partial charge in [0.15, 0.2) is 0 Å². The van der Waals surface area contributed by atoms with Crippen LogP contribution in [0.3, 0.4) is 0 Å². The fraction of sp³-hybridized carbons (Fsp3) is 0.867. The lowest BCUT2D eigenvalue weighted by molar-refractivity contribution is -0.142. The zero-order valence-electron chi connectivity index (χ0n) is 12.2. The summed E-state index contributed by atoms with van der Waals surface area (Å²) in [4.78, 5) is 25.5. The van der Waals surface area contributed by atoms with Gasteiger partial charge in [-0.3, -0.25) is 9.59 Å². The summed E-state index contributed by atoms with van der Waals surface area (Å²) in [7, 11) is 1.85. The Balaban J connectivity index is 2.01. The fourth-order valence-corrected chi connectivity index (χ4v) is 3.60. The molecule has 2 saturated carbocycles. The third kappa shape index (κ3) is 2.63. The first-order valence-electron chi connectivity index (χ1n) is 7.37. The standard InChI is InChI=1S/C15H25NO3/c1-15(2)11(12(15)14(18)19)13(17)16(3)10-8-6-4-5-7-9-10/h10-12H,4-9H2,1-3H3,(H,18,19)/t11-,12+/m1/s1. The molecule has 0 bridgehead atoms. The molecule has 0 unspecified atom stereocenters. The van der Waals surface area contributed by atoms with Crippen LogP contribution >= 0.6 is 0 Å². The quantitative estimate of drug-likeness (QED) is 0.799. The maximum atomic E-state index is 12.5. The van der Waals surface area contributed by atoms with Crippen molar-refractivity contribution in [3.63, 3.8) is 0 Å². The number of aliphatic carboxylic acids is 1. The molecule has 4 nitrogen and oxygen atoms in total. The van der Waals surface area contributed by atoms with Crippen LogP contribution in [0.15, 0.2) is 0 Å². The van der Waals surface area contributed by atoms with Crippen molar-refractivity contribution in [1.29, 1.82) is 0 Å². The van der Waals surface area contributed by atoms with Crippen molar-refractivity contribution >= 4 is 11.9 Å². The molecule has 1 N–H and O–H groups in total. The zero-order valence-corrected chi connectivity index (χ0v) is 12.2. The lowest BCUT2D eigenvalue weighted by Gasteiger charge is -2.28. The number of carbonyl (C=O) groups is 2. The molecule has 0 saturated heterocycles. The van der Waals surface area contributed by atoms with Crippen molar-refractivity contribution in [2.75, 3.05) is 7.05 Å². The van der Waals surface area contributed by atoms with E-state index in [1.807, 2.05) is 25.8 Å². The number of rotatable bonds is 3.